The first kappa shape index (κ1) is 30.9. The minimum absolute atomic E-state index is 0.000903. The Hall–Kier alpha value is -4.02. The average molecular weight is 576 g/mol. The predicted molar refractivity (Wildman–Crippen MR) is 163 cm³/mol. The highest BCUT2D eigenvalue weighted by Gasteiger charge is 2.25. The van der Waals surface area contributed by atoms with E-state index < -0.39 is 11.5 Å². The lowest BCUT2D eigenvalue weighted by molar-refractivity contribution is -0.138. The van der Waals surface area contributed by atoms with Crippen LogP contribution in [0.5, 0.6) is 11.6 Å². The molecule has 0 radical (unpaired) electrons. The van der Waals surface area contributed by atoms with E-state index in [0.717, 1.165) is 11.1 Å². The van der Waals surface area contributed by atoms with Crippen LogP contribution >= 0.6 is 0 Å². The molecule has 1 aliphatic rings. The second-order valence-electron chi connectivity index (χ2n) is 12.3. The van der Waals surface area contributed by atoms with Gasteiger partial charge in [-0.15, -0.1) is 10.2 Å². The number of carboxylic acids is 1. The first-order chi connectivity index (χ1) is 19.8. The quantitative estimate of drug-likeness (QED) is 0.298. The molecule has 1 aromatic heterocycles. The van der Waals surface area contributed by atoms with Gasteiger partial charge in [-0.05, 0) is 93.2 Å². The number of azo groups is 1. The molecule has 1 aliphatic heterocycles. The van der Waals surface area contributed by atoms with Crippen molar-refractivity contribution in [2.24, 2.45) is 10.2 Å². The van der Waals surface area contributed by atoms with Crippen LogP contribution in [0.1, 0.15) is 61.8 Å². The molecule has 10 nitrogen and oxygen atoms in total. The third kappa shape index (κ3) is 6.71. The number of carboxylic acid groups (broad SMARTS) is 1. The number of pyridine rings is 1. The van der Waals surface area contributed by atoms with Gasteiger partial charge in [0.15, 0.2) is 5.69 Å². The monoisotopic (exact) mass is 575 g/mol. The van der Waals surface area contributed by atoms with Crippen LogP contribution in [0.4, 0.5) is 11.4 Å². The molecule has 1 saturated heterocycles. The number of aromatic hydroxyl groups is 2. The Balaban J connectivity index is 1.72. The van der Waals surface area contributed by atoms with E-state index in [4.69, 9.17) is 5.11 Å². The van der Waals surface area contributed by atoms with Crippen molar-refractivity contribution in [2.75, 3.05) is 33.7 Å². The van der Waals surface area contributed by atoms with Crippen LogP contribution in [0, 0.1) is 6.92 Å². The number of aliphatic carboxylic acids is 1. The Morgan fingerprint density at radius 2 is 1.67 bits per heavy atom. The van der Waals surface area contributed by atoms with E-state index in [9.17, 15) is 19.8 Å². The van der Waals surface area contributed by atoms with E-state index >= 15 is 0 Å². The summed E-state index contributed by atoms with van der Waals surface area (Å²) in [4.78, 5) is 28.6. The number of aromatic nitrogens is 1. The van der Waals surface area contributed by atoms with Crippen molar-refractivity contribution < 1.29 is 20.1 Å². The molecule has 42 heavy (non-hydrogen) atoms. The lowest BCUT2D eigenvalue weighted by atomic mass is 9.87. The molecule has 3 aromatic rings. The van der Waals surface area contributed by atoms with Gasteiger partial charge in [0.2, 0.25) is 5.88 Å². The largest absolute Gasteiger partial charge is 0.505 e. The summed E-state index contributed by atoms with van der Waals surface area (Å²) in [5.74, 6) is -0.938. The highest BCUT2D eigenvalue weighted by Crippen LogP contribution is 2.40. The molecule has 0 unspecified atom stereocenters. The van der Waals surface area contributed by atoms with E-state index in [1.54, 1.807) is 19.1 Å². The van der Waals surface area contributed by atoms with E-state index in [1.807, 2.05) is 54.2 Å². The minimum Gasteiger partial charge on any atom is -0.505 e. The van der Waals surface area contributed by atoms with Crippen LogP contribution in [0.25, 0.3) is 5.69 Å². The Kier molecular flexibility index (Phi) is 9.18. The molecular formula is C32H41N5O5. The van der Waals surface area contributed by atoms with Crippen molar-refractivity contribution in [3.8, 4) is 17.3 Å². The zero-order valence-electron chi connectivity index (χ0n) is 25.3. The van der Waals surface area contributed by atoms with Crippen molar-refractivity contribution in [1.29, 1.82) is 0 Å². The molecule has 0 atom stereocenters. The molecule has 0 saturated carbocycles. The van der Waals surface area contributed by atoms with Crippen molar-refractivity contribution >= 4 is 17.3 Å². The van der Waals surface area contributed by atoms with Gasteiger partial charge < -0.3 is 20.2 Å². The zero-order chi connectivity index (χ0) is 30.8. The first-order valence-corrected chi connectivity index (χ1v) is 14.2. The van der Waals surface area contributed by atoms with Gasteiger partial charge in [0.1, 0.15) is 11.4 Å². The number of rotatable bonds is 8. The highest BCUT2D eigenvalue weighted by atomic mass is 16.4. The molecule has 224 valence electrons. The van der Waals surface area contributed by atoms with Crippen molar-refractivity contribution in [3.63, 3.8) is 0 Å². The SMILES string of the molecule is Cc1c(CN(C)C)c(O)n(-c2ccc(C(C)(C)C)cc2)c(=O)c1N=Nc1cccc(C2CCN(CC(=O)O)CC2)c1O. The molecule has 2 aromatic carbocycles. The summed E-state index contributed by atoms with van der Waals surface area (Å²) in [7, 11) is 3.76. The lowest BCUT2D eigenvalue weighted by Gasteiger charge is -2.31. The molecule has 0 amide bonds. The fourth-order valence-electron chi connectivity index (χ4n) is 5.44. The van der Waals surface area contributed by atoms with Crippen LogP contribution in [0.2, 0.25) is 0 Å². The van der Waals surface area contributed by atoms with Gasteiger partial charge in [0.05, 0.1) is 12.2 Å². The smallest absolute Gasteiger partial charge is 0.317 e. The molecular weight excluding hydrogens is 534 g/mol. The van der Waals surface area contributed by atoms with Crippen LogP contribution in [0.15, 0.2) is 57.5 Å². The second-order valence-corrected chi connectivity index (χ2v) is 12.3. The zero-order valence-corrected chi connectivity index (χ0v) is 25.3. The van der Waals surface area contributed by atoms with Gasteiger partial charge in [-0.3, -0.25) is 14.5 Å². The molecule has 1 fully saturated rings. The van der Waals surface area contributed by atoms with Gasteiger partial charge >= 0.3 is 5.97 Å². The van der Waals surface area contributed by atoms with Crippen LogP contribution in [-0.2, 0) is 16.8 Å². The van der Waals surface area contributed by atoms with Crippen molar-refractivity contribution in [1.82, 2.24) is 14.4 Å². The summed E-state index contributed by atoms with van der Waals surface area (Å²) >= 11 is 0. The standard InChI is InChI=1S/C32H41N5O5/c1-20-25(18-35(5)6)30(41)37(23-12-10-22(11-13-23)32(2,3)4)31(42)28(20)34-33-26-9-7-8-24(29(26)40)21-14-16-36(17-15-21)19-27(38)39/h7-13,21,40-41H,14-19H2,1-6H3,(H,38,39). The number of para-hydroxylation sites is 1. The van der Waals surface area contributed by atoms with E-state index in [0.29, 0.717) is 49.3 Å². The highest BCUT2D eigenvalue weighted by molar-refractivity contribution is 5.69. The van der Waals surface area contributed by atoms with Gasteiger partial charge in [-0.1, -0.05) is 45.0 Å². The lowest BCUT2D eigenvalue weighted by Crippen LogP contribution is -2.36. The number of nitrogens with zero attached hydrogens (tertiary/aromatic N) is 5. The molecule has 3 N–H and O–H groups in total. The number of piperidine rings is 1. The fraction of sp³-hybridized carbons (Fsp3) is 0.438. The molecule has 0 bridgehead atoms. The summed E-state index contributed by atoms with van der Waals surface area (Å²) in [5, 5.41) is 40.1. The van der Waals surface area contributed by atoms with Crippen molar-refractivity contribution in [2.45, 2.75) is 58.4 Å². The molecule has 2 heterocycles. The Morgan fingerprint density at radius 3 is 2.24 bits per heavy atom. The number of phenols is 1. The predicted octanol–water partition coefficient (Wildman–Crippen LogP) is 5.60. The Morgan fingerprint density at radius 1 is 1.02 bits per heavy atom. The maximum absolute atomic E-state index is 13.8. The maximum Gasteiger partial charge on any atom is 0.317 e. The number of likely N-dealkylation sites (tertiary alicyclic amines) is 1. The van der Waals surface area contributed by atoms with Crippen molar-refractivity contribution in [3.05, 3.63) is 75.1 Å². The van der Waals surface area contributed by atoms with E-state index in [-0.39, 0.29) is 40.9 Å². The van der Waals surface area contributed by atoms with Crippen LogP contribution in [-0.4, -0.2) is 69.4 Å². The molecule has 0 spiro atoms. The molecule has 4 rings (SSSR count). The number of hydrogen-bond acceptors (Lipinski definition) is 8. The average Bonchev–Trinajstić information content (AvgIpc) is 2.92. The fourth-order valence-corrected chi connectivity index (χ4v) is 5.44. The van der Waals surface area contributed by atoms with Gasteiger partial charge in [-0.25, -0.2) is 4.57 Å². The number of hydrogen-bond donors (Lipinski definition) is 3. The molecule has 10 heteroatoms. The van der Waals surface area contributed by atoms with Gasteiger partial charge in [0, 0.05) is 12.1 Å². The number of carbonyl (C=O) groups is 1. The van der Waals surface area contributed by atoms with Gasteiger partial charge in [-0.2, -0.15) is 0 Å². The summed E-state index contributed by atoms with van der Waals surface area (Å²) in [5.41, 5.74) is 3.15. The summed E-state index contributed by atoms with van der Waals surface area (Å²) in [6.45, 7) is 9.70. The minimum atomic E-state index is -0.849. The number of phenolic OH excluding ortho intramolecular Hbond substituents is 1. The summed E-state index contributed by atoms with van der Waals surface area (Å²) in [6, 6.07) is 12.8. The third-order valence-electron chi connectivity index (χ3n) is 7.85. The van der Waals surface area contributed by atoms with Crippen LogP contribution < -0.4 is 5.56 Å². The third-order valence-corrected chi connectivity index (χ3v) is 7.85. The number of benzene rings is 2. The second kappa shape index (κ2) is 12.5. The van der Waals surface area contributed by atoms with E-state index in [1.165, 1.54) is 4.57 Å². The summed E-state index contributed by atoms with van der Waals surface area (Å²) in [6.07, 6.45) is 1.43. The Labute approximate surface area is 246 Å². The normalized spacial score (nSPS) is 15.1. The molecule has 0 aliphatic carbocycles. The first-order valence-electron chi connectivity index (χ1n) is 14.2. The topological polar surface area (TPSA) is 131 Å². The van der Waals surface area contributed by atoms with Crippen LogP contribution in [0.3, 0.4) is 0 Å². The Bertz CT molecular complexity index is 1530. The summed E-state index contributed by atoms with van der Waals surface area (Å²) < 4.78 is 1.26. The van der Waals surface area contributed by atoms with Gasteiger partial charge in [0.25, 0.3) is 5.56 Å². The maximum atomic E-state index is 13.8. The van der Waals surface area contributed by atoms with E-state index in [2.05, 4.69) is 31.0 Å².